The van der Waals surface area contributed by atoms with Gasteiger partial charge in [0.05, 0.1) is 0 Å². The minimum atomic E-state index is -0.311. The van der Waals surface area contributed by atoms with Gasteiger partial charge in [-0.15, -0.1) is 0 Å². The quantitative estimate of drug-likeness (QED) is 0.334. The van der Waals surface area contributed by atoms with E-state index < -0.39 is 0 Å². The molecule has 0 bridgehead atoms. The van der Waals surface area contributed by atoms with Gasteiger partial charge in [-0.25, -0.2) is 0 Å². The second-order valence-corrected chi connectivity index (χ2v) is 9.71. The van der Waals surface area contributed by atoms with E-state index in [9.17, 15) is 0 Å². The Morgan fingerprint density at radius 3 is 0.963 bits per heavy atom. The van der Waals surface area contributed by atoms with Gasteiger partial charge >= 0.3 is 169 Å². The molecule has 0 radical (unpaired) electrons. The van der Waals surface area contributed by atoms with Crippen LogP contribution in [-0.2, 0) is 19.2 Å². The van der Waals surface area contributed by atoms with Gasteiger partial charge < -0.3 is 2.85 Å². The maximum atomic E-state index is 2.36. The van der Waals surface area contributed by atoms with E-state index in [1.165, 1.54) is 22.3 Å². The van der Waals surface area contributed by atoms with Gasteiger partial charge in [0.2, 0.25) is 0 Å². The van der Waals surface area contributed by atoms with Gasteiger partial charge in [0.15, 0.2) is 0 Å². The summed E-state index contributed by atoms with van der Waals surface area (Å²) in [6.07, 6.45) is 0. The second kappa shape index (κ2) is 6.06. The molecule has 0 saturated heterocycles. The number of hydrogen-bond donors (Lipinski definition) is 0. The van der Waals surface area contributed by atoms with E-state index in [-0.39, 0.29) is 22.0 Å². The van der Waals surface area contributed by atoms with E-state index in [0.29, 0.717) is 8.45 Å². The SMILES string of the molecule is [H-].[H-].c1ccc2c(c1)-c1ccccc1[CH]2[Ti+2][CH]1c2ccccc2-c2ccccc21. The Hall–Kier alpha value is -2.41. The molecule has 0 spiro atoms. The first kappa shape index (κ1) is 15.6. The van der Waals surface area contributed by atoms with E-state index in [1.807, 2.05) is 0 Å². The van der Waals surface area contributed by atoms with Gasteiger partial charge in [-0.3, -0.25) is 0 Å². The van der Waals surface area contributed by atoms with Crippen LogP contribution >= 0.6 is 0 Å². The molecule has 0 heterocycles. The first-order valence-corrected chi connectivity index (χ1v) is 11.3. The van der Waals surface area contributed by atoms with Crippen molar-refractivity contribution in [1.29, 1.82) is 0 Å². The zero-order valence-electron chi connectivity index (χ0n) is 16.9. The van der Waals surface area contributed by atoms with Crippen molar-refractivity contribution in [2.75, 3.05) is 0 Å². The van der Waals surface area contributed by atoms with Crippen molar-refractivity contribution in [3.8, 4) is 22.3 Å². The number of benzene rings is 4. The van der Waals surface area contributed by atoms with Crippen molar-refractivity contribution < 1.29 is 22.0 Å². The molecule has 0 aromatic heterocycles. The Balaban J connectivity index is 0.00000102. The molecule has 0 atom stereocenters. The molecule has 0 unspecified atom stereocenters. The molecular weight excluding hydrogens is 360 g/mol. The van der Waals surface area contributed by atoms with Crippen LogP contribution in [0.25, 0.3) is 22.3 Å². The second-order valence-electron chi connectivity index (χ2n) is 7.38. The van der Waals surface area contributed by atoms with Crippen LogP contribution in [0.3, 0.4) is 0 Å². The van der Waals surface area contributed by atoms with Gasteiger partial charge in [-0.05, 0) is 0 Å². The molecule has 4 aromatic rings. The third kappa shape index (κ3) is 2.27. The van der Waals surface area contributed by atoms with Crippen LogP contribution in [0.1, 0.15) is 33.6 Å². The van der Waals surface area contributed by atoms with E-state index in [2.05, 4.69) is 97.1 Å². The van der Waals surface area contributed by atoms with Gasteiger partial charge in [0.1, 0.15) is 0 Å². The monoisotopic (exact) mass is 380 g/mol. The van der Waals surface area contributed by atoms with Crippen LogP contribution in [0.2, 0.25) is 0 Å². The summed E-state index contributed by atoms with van der Waals surface area (Å²) in [4.78, 5) is 0. The van der Waals surface area contributed by atoms with E-state index in [1.54, 1.807) is 22.3 Å². The standard InChI is InChI=1S/2C13H9.Ti.2H/c2*1-3-7-12-10(5-1)9-11-6-2-4-8-13(11)12;;;/h2*1-9H;;;/q;;+2;2*-1. The fourth-order valence-electron chi connectivity index (χ4n) is 4.84. The Kier molecular flexibility index (Phi) is 3.51. The summed E-state index contributed by atoms with van der Waals surface area (Å²) in [5, 5.41) is 0. The van der Waals surface area contributed by atoms with Crippen molar-refractivity contribution in [3.63, 3.8) is 0 Å². The number of hydrogen-bond acceptors (Lipinski definition) is 0. The predicted molar refractivity (Wildman–Crippen MR) is 110 cm³/mol. The van der Waals surface area contributed by atoms with Gasteiger partial charge in [0, 0.05) is 0 Å². The van der Waals surface area contributed by atoms with Crippen molar-refractivity contribution in [1.82, 2.24) is 0 Å². The fraction of sp³-hybridized carbons (Fsp3) is 0.0769. The normalized spacial score (nSPS) is 14.2. The molecule has 0 aliphatic heterocycles. The summed E-state index contributed by atoms with van der Waals surface area (Å²) >= 11 is -0.311. The summed E-state index contributed by atoms with van der Waals surface area (Å²) in [6, 6.07) is 36.2. The Morgan fingerprint density at radius 2 is 0.667 bits per heavy atom. The Morgan fingerprint density at radius 1 is 0.407 bits per heavy atom. The van der Waals surface area contributed by atoms with Crippen molar-refractivity contribution >= 4 is 0 Å². The van der Waals surface area contributed by atoms with Crippen molar-refractivity contribution in [3.05, 3.63) is 119 Å². The molecule has 0 N–H and O–H groups in total. The number of rotatable bonds is 2. The van der Waals surface area contributed by atoms with Gasteiger partial charge in [-0.1, -0.05) is 0 Å². The molecule has 0 amide bonds. The summed E-state index contributed by atoms with van der Waals surface area (Å²) in [5.41, 5.74) is 12.0. The molecule has 4 aromatic carbocycles. The Bertz CT molecular complexity index is 1000. The summed E-state index contributed by atoms with van der Waals surface area (Å²) in [6.45, 7) is 0. The van der Waals surface area contributed by atoms with Crippen LogP contribution in [0.4, 0.5) is 0 Å². The van der Waals surface area contributed by atoms with Crippen LogP contribution in [0.5, 0.6) is 0 Å². The van der Waals surface area contributed by atoms with E-state index >= 15 is 0 Å². The van der Waals surface area contributed by atoms with E-state index in [4.69, 9.17) is 0 Å². The average Bonchev–Trinajstić information content (AvgIpc) is 3.23. The molecule has 128 valence electrons. The third-order valence-corrected chi connectivity index (χ3v) is 8.98. The summed E-state index contributed by atoms with van der Waals surface area (Å²) < 4.78 is 1.17. The molecule has 0 nitrogen and oxygen atoms in total. The van der Waals surface area contributed by atoms with Crippen LogP contribution in [-0.4, -0.2) is 0 Å². The molecule has 0 fully saturated rings. The van der Waals surface area contributed by atoms with Crippen molar-refractivity contribution in [2.45, 2.75) is 8.45 Å². The third-order valence-electron chi connectivity index (χ3n) is 6.00. The summed E-state index contributed by atoms with van der Waals surface area (Å²) in [5.74, 6) is 0. The van der Waals surface area contributed by atoms with Crippen molar-refractivity contribution in [2.24, 2.45) is 0 Å². The molecule has 27 heavy (non-hydrogen) atoms. The average molecular weight is 380 g/mol. The van der Waals surface area contributed by atoms with Crippen LogP contribution < -0.4 is 0 Å². The predicted octanol–water partition coefficient (Wildman–Crippen LogP) is 6.83. The van der Waals surface area contributed by atoms with Gasteiger partial charge in [0.25, 0.3) is 0 Å². The summed E-state index contributed by atoms with van der Waals surface area (Å²) in [7, 11) is 0. The molecule has 6 rings (SSSR count). The fourth-order valence-corrected chi connectivity index (χ4v) is 8.05. The first-order chi connectivity index (χ1) is 13.4. The zero-order valence-corrected chi connectivity index (χ0v) is 16.5. The maximum absolute atomic E-state index is 2.36. The molecule has 2 aliphatic rings. The Labute approximate surface area is 171 Å². The topological polar surface area (TPSA) is 0 Å². The van der Waals surface area contributed by atoms with Gasteiger partial charge in [-0.2, -0.15) is 0 Å². The van der Waals surface area contributed by atoms with Crippen LogP contribution in [0.15, 0.2) is 97.1 Å². The molecule has 2 aliphatic carbocycles. The minimum absolute atomic E-state index is 0. The molecule has 1 heteroatoms. The number of fused-ring (bicyclic) bond motifs is 6. The van der Waals surface area contributed by atoms with Crippen LogP contribution in [0, 0.1) is 0 Å². The first-order valence-electron chi connectivity index (χ1n) is 9.54. The van der Waals surface area contributed by atoms with E-state index in [0.717, 1.165) is 0 Å². The zero-order chi connectivity index (χ0) is 17.8. The molecule has 0 saturated carbocycles. The molecular formula is C26H20Ti.